The SMILES string of the molecule is CC1(Cl)CCCOC1. The Hall–Kier alpha value is 0.250. The van der Waals surface area contributed by atoms with E-state index in [0.29, 0.717) is 6.61 Å². The Balaban J connectivity index is 2.33. The molecule has 48 valence electrons. The number of hydrogen-bond acceptors (Lipinski definition) is 1. The third-order valence-electron chi connectivity index (χ3n) is 1.39. The van der Waals surface area contributed by atoms with Crippen LogP contribution < -0.4 is 0 Å². The van der Waals surface area contributed by atoms with Crippen LogP contribution in [0.4, 0.5) is 0 Å². The molecule has 0 radical (unpaired) electrons. The number of rotatable bonds is 0. The van der Waals surface area contributed by atoms with Crippen LogP contribution in [-0.2, 0) is 4.74 Å². The molecule has 0 aliphatic carbocycles. The molecule has 0 aromatic rings. The highest BCUT2D eigenvalue weighted by molar-refractivity contribution is 6.23. The van der Waals surface area contributed by atoms with E-state index in [2.05, 4.69) is 0 Å². The van der Waals surface area contributed by atoms with E-state index in [0.717, 1.165) is 19.4 Å². The lowest BCUT2D eigenvalue weighted by Crippen LogP contribution is -2.29. The molecule has 1 saturated heterocycles. The van der Waals surface area contributed by atoms with Gasteiger partial charge in [-0.15, -0.1) is 11.6 Å². The molecule has 1 rings (SSSR count). The number of ether oxygens (including phenoxy) is 1. The molecule has 1 aliphatic rings. The van der Waals surface area contributed by atoms with E-state index in [9.17, 15) is 0 Å². The molecule has 0 aromatic heterocycles. The van der Waals surface area contributed by atoms with E-state index in [1.807, 2.05) is 6.92 Å². The Kier molecular flexibility index (Phi) is 1.78. The van der Waals surface area contributed by atoms with Crippen LogP contribution >= 0.6 is 11.6 Å². The maximum Gasteiger partial charge on any atom is 0.0655 e. The monoisotopic (exact) mass is 134 g/mol. The molecule has 0 amide bonds. The van der Waals surface area contributed by atoms with Gasteiger partial charge in [-0.25, -0.2) is 0 Å². The van der Waals surface area contributed by atoms with Crippen molar-refractivity contribution in [3.8, 4) is 0 Å². The van der Waals surface area contributed by atoms with Crippen LogP contribution in [0.2, 0.25) is 0 Å². The summed E-state index contributed by atoms with van der Waals surface area (Å²) in [5, 5.41) is 0. The normalized spacial score (nSPS) is 39.8. The Morgan fingerprint density at radius 2 is 2.38 bits per heavy atom. The van der Waals surface area contributed by atoms with Crippen molar-refractivity contribution in [1.82, 2.24) is 0 Å². The van der Waals surface area contributed by atoms with Crippen molar-refractivity contribution >= 4 is 11.6 Å². The van der Waals surface area contributed by atoms with Crippen molar-refractivity contribution in [1.29, 1.82) is 0 Å². The van der Waals surface area contributed by atoms with E-state index < -0.39 is 0 Å². The van der Waals surface area contributed by atoms with Crippen LogP contribution in [0.5, 0.6) is 0 Å². The molecule has 0 saturated carbocycles. The molecule has 1 heterocycles. The molecule has 1 atom stereocenters. The molecule has 8 heavy (non-hydrogen) atoms. The van der Waals surface area contributed by atoms with Crippen LogP contribution in [0.1, 0.15) is 19.8 Å². The first-order valence-corrected chi connectivity index (χ1v) is 3.35. The summed E-state index contributed by atoms with van der Waals surface area (Å²) in [6.45, 7) is 3.63. The van der Waals surface area contributed by atoms with Gasteiger partial charge in [-0.2, -0.15) is 0 Å². The lowest BCUT2D eigenvalue weighted by atomic mass is 10.0. The van der Waals surface area contributed by atoms with Gasteiger partial charge in [0.25, 0.3) is 0 Å². The van der Waals surface area contributed by atoms with Crippen LogP contribution in [0.3, 0.4) is 0 Å². The fourth-order valence-corrected chi connectivity index (χ4v) is 1.11. The molecule has 0 N–H and O–H groups in total. The largest absolute Gasteiger partial charge is 0.380 e. The second-order valence-corrected chi connectivity index (χ2v) is 3.48. The predicted octanol–water partition coefficient (Wildman–Crippen LogP) is 1.79. The van der Waals surface area contributed by atoms with E-state index in [-0.39, 0.29) is 4.87 Å². The smallest absolute Gasteiger partial charge is 0.0655 e. The average Bonchev–Trinajstić information content (AvgIpc) is 1.65. The second-order valence-electron chi connectivity index (χ2n) is 2.57. The molecule has 1 nitrogen and oxygen atoms in total. The number of halogens is 1. The van der Waals surface area contributed by atoms with Crippen molar-refractivity contribution in [2.45, 2.75) is 24.6 Å². The van der Waals surface area contributed by atoms with Gasteiger partial charge in [-0.1, -0.05) is 0 Å². The minimum Gasteiger partial charge on any atom is -0.380 e. The van der Waals surface area contributed by atoms with Gasteiger partial charge in [-0.3, -0.25) is 0 Å². The molecule has 2 heteroatoms. The molecule has 1 fully saturated rings. The van der Waals surface area contributed by atoms with Crippen molar-refractivity contribution in [2.75, 3.05) is 13.2 Å². The van der Waals surface area contributed by atoms with Gasteiger partial charge < -0.3 is 4.74 Å². The highest BCUT2D eigenvalue weighted by Crippen LogP contribution is 2.24. The third-order valence-corrected chi connectivity index (χ3v) is 1.69. The van der Waals surface area contributed by atoms with Gasteiger partial charge in [0.05, 0.1) is 11.5 Å². The quantitative estimate of drug-likeness (QED) is 0.459. The fourth-order valence-electron chi connectivity index (χ4n) is 0.900. The van der Waals surface area contributed by atoms with Crippen LogP contribution in [0.25, 0.3) is 0 Å². The Labute approximate surface area is 55.0 Å². The molecule has 1 aliphatic heterocycles. The summed E-state index contributed by atoms with van der Waals surface area (Å²) in [7, 11) is 0. The predicted molar refractivity (Wildman–Crippen MR) is 34.3 cm³/mol. The summed E-state index contributed by atoms with van der Waals surface area (Å²) in [6.07, 6.45) is 2.20. The second kappa shape index (κ2) is 2.24. The minimum atomic E-state index is -0.0712. The maximum absolute atomic E-state index is 5.95. The van der Waals surface area contributed by atoms with E-state index in [4.69, 9.17) is 16.3 Å². The first-order valence-electron chi connectivity index (χ1n) is 2.97. The number of alkyl halides is 1. The van der Waals surface area contributed by atoms with Gasteiger partial charge in [0.1, 0.15) is 0 Å². The summed E-state index contributed by atoms with van der Waals surface area (Å²) in [6, 6.07) is 0. The zero-order valence-corrected chi connectivity index (χ0v) is 5.87. The summed E-state index contributed by atoms with van der Waals surface area (Å²) in [5.41, 5.74) is 0. The first-order chi connectivity index (χ1) is 3.71. The lowest BCUT2D eigenvalue weighted by molar-refractivity contribution is 0.0725. The van der Waals surface area contributed by atoms with Gasteiger partial charge >= 0.3 is 0 Å². The van der Waals surface area contributed by atoms with Crippen LogP contribution in [0.15, 0.2) is 0 Å². The zero-order chi connectivity index (χ0) is 6.04. The molecule has 0 bridgehead atoms. The van der Waals surface area contributed by atoms with Crippen LogP contribution in [-0.4, -0.2) is 18.1 Å². The molecular weight excluding hydrogens is 124 g/mol. The summed E-state index contributed by atoms with van der Waals surface area (Å²) >= 11 is 5.95. The molecular formula is C6H11ClO. The minimum absolute atomic E-state index is 0.0712. The zero-order valence-electron chi connectivity index (χ0n) is 5.11. The summed E-state index contributed by atoms with van der Waals surface area (Å²) in [5.74, 6) is 0. The molecule has 1 unspecified atom stereocenters. The summed E-state index contributed by atoms with van der Waals surface area (Å²) < 4.78 is 5.15. The van der Waals surface area contributed by atoms with Gasteiger partial charge in [-0.05, 0) is 19.8 Å². The van der Waals surface area contributed by atoms with Crippen molar-refractivity contribution in [2.24, 2.45) is 0 Å². The Morgan fingerprint density at radius 1 is 1.62 bits per heavy atom. The van der Waals surface area contributed by atoms with Gasteiger partial charge in [0.15, 0.2) is 0 Å². The first kappa shape index (κ1) is 6.37. The Bertz CT molecular complexity index is 72.6. The molecule has 0 aromatic carbocycles. The summed E-state index contributed by atoms with van der Waals surface area (Å²) in [4.78, 5) is -0.0712. The van der Waals surface area contributed by atoms with Crippen molar-refractivity contribution in [3.05, 3.63) is 0 Å². The lowest BCUT2D eigenvalue weighted by Gasteiger charge is -2.26. The van der Waals surface area contributed by atoms with Gasteiger partial charge in [0.2, 0.25) is 0 Å². The highest BCUT2D eigenvalue weighted by Gasteiger charge is 2.23. The van der Waals surface area contributed by atoms with E-state index in [1.165, 1.54) is 0 Å². The van der Waals surface area contributed by atoms with E-state index in [1.54, 1.807) is 0 Å². The van der Waals surface area contributed by atoms with Crippen LogP contribution in [0, 0.1) is 0 Å². The standard InChI is InChI=1S/C6H11ClO/c1-6(7)3-2-4-8-5-6/h2-5H2,1H3. The average molecular weight is 135 g/mol. The molecule has 0 spiro atoms. The number of hydrogen-bond donors (Lipinski definition) is 0. The Morgan fingerprint density at radius 3 is 2.62 bits per heavy atom. The van der Waals surface area contributed by atoms with Crippen molar-refractivity contribution < 1.29 is 4.74 Å². The third kappa shape index (κ3) is 1.64. The van der Waals surface area contributed by atoms with Crippen molar-refractivity contribution in [3.63, 3.8) is 0 Å². The topological polar surface area (TPSA) is 9.23 Å². The highest BCUT2D eigenvalue weighted by atomic mass is 35.5. The fraction of sp³-hybridized carbons (Fsp3) is 1.00. The maximum atomic E-state index is 5.95. The van der Waals surface area contributed by atoms with Gasteiger partial charge in [0, 0.05) is 6.61 Å². The van der Waals surface area contributed by atoms with E-state index >= 15 is 0 Å².